The molecule has 3 rings (SSSR count). The minimum Gasteiger partial charge on any atom is -0.350 e. The molecule has 1 aliphatic carbocycles. The van der Waals surface area contributed by atoms with E-state index in [0.717, 1.165) is 35.6 Å². The number of nitrogens with zero attached hydrogens (tertiary/aromatic N) is 2. The highest BCUT2D eigenvalue weighted by molar-refractivity contribution is 8.14. The first-order valence-electron chi connectivity index (χ1n) is 6.14. The number of hydrogen-bond donors (Lipinski definition) is 0. The Kier molecular flexibility index (Phi) is 3.73. The van der Waals surface area contributed by atoms with E-state index in [-0.39, 0.29) is 0 Å². The van der Waals surface area contributed by atoms with Gasteiger partial charge in [-0.15, -0.1) is 0 Å². The molecule has 0 bridgehead atoms. The summed E-state index contributed by atoms with van der Waals surface area (Å²) in [4.78, 5) is 7.04. The second-order valence-corrected chi connectivity index (χ2v) is 6.55. The van der Waals surface area contributed by atoms with E-state index in [4.69, 9.17) is 23.2 Å². The lowest BCUT2D eigenvalue weighted by molar-refractivity contribution is 0.438. The summed E-state index contributed by atoms with van der Waals surface area (Å²) in [6.45, 7) is 2.24. The van der Waals surface area contributed by atoms with Crippen LogP contribution in [0.5, 0.6) is 0 Å². The molecule has 5 heteroatoms. The van der Waals surface area contributed by atoms with Crippen LogP contribution in [0.1, 0.15) is 12.8 Å². The van der Waals surface area contributed by atoms with E-state index in [2.05, 4.69) is 9.89 Å². The van der Waals surface area contributed by atoms with E-state index in [1.165, 1.54) is 12.8 Å². The fraction of sp³-hybridized carbons (Fsp3) is 0.462. The Hall–Kier alpha value is -0.380. The topological polar surface area (TPSA) is 15.6 Å². The van der Waals surface area contributed by atoms with Gasteiger partial charge in [0.15, 0.2) is 5.17 Å². The standard InChI is InChI=1S/C13H14Cl2N2S/c14-10-2-1-3-11(12(10)15)16-13-17(6-7-18-13)8-9-4-5-9/h1-3,9H,4-8H2/b16-13-. The van der Waals surface area contributed by atoms with Gasteiger partial charge in [-0.1, -0.05) is 41.0 Å². The molecule has 1 saturated carbocycles. The second kappa shape index (κ2) is 5.32. The highest BCUT2D eigenvalue weighted by Crippen LogP contribution is 2.35. The first-order chi connectivity index (χ1) is 8.74. The van der Waals surface area contributed by atoms with Crippen molar-refractivity contribution < 1.29 is 0 Å². The third kappa shape index (κ3) is 2.79. The van der Waals surface area contributed by atoms with Crippen LogP contribution in [0.2, 0.25) is 10.0 Å². The van der Waals surface area contributed by atoms with Gasteiger partial charge in [0.2, 0.25) is 0 Å². The van der Waals surface area contributed by atoms with Crippen molar-refractivity contribution in [2.24, 2.45) is 10.9 Å². The molecule has 2 fully saturated rings. The number of halogens is 2. The fourth-order valence-corrected chi connectivity index (χ4v) is 3.34. The highest BCUT2D eigenvalue weighted by atomic mass is 35.5. The maximum Gasteiger partial charge on any atom is 0.164 e. The Morgan fingerprint density at radius 1 is 1.33 bits per heavy atom. The van der Waals surface area contributed by atoms with Crippen molar-refractivity contribution in [2.75, 3.05) is 18.8 Å². The summed E-state index contributed by atoms with van der Waals surface area (Å²) in [7, 11) is 0. The van der Waals surface area contributed by atoms with E-state index in [1.54, 1.807) is 17.8 Å². The summed E-state index contributed by atoms with van der Waals surface area (Å²) in [5.74, 6) is 1.99. The Labute approximate surface area is 121 Å². The van der Waals surface area contributed by atoms with Crippen LogP contribution in [0.3, 0.4) is 0 Å². The van der Waals surface area contributed by atoms with Crippen molar-refractivity contribution in [1.29, 1.82) is 0 Å². The number of benzene rings is 1. The summed E-state index contributed by atoms with van der Waals surface area (Å²) in [6.07, 6.45) is 2.73. The number of rotatable bonds is 3. The number of thioether (sulfide) groups is 1. The van der Waals surface area contributed by atoms with Crippen LogP contribution >= 0.6 is 35.0 Å². The van der Waals surface area contributed by atoms with Crippen molar-refractivity contribution in [1.82, 2.24) is 4.90 Å². The average molecular weight is 301 g/mol. The van der Waals surface area contributed by atoms with Crippen LogP contribution < -0.4 is 0 Å². The molecule has 96 valence electrons. The van der Waals surface area contributed by atoms with Crippen LogP contribution in [0.4, 0.5) is 5.69 Å². The normalized spacial score (nSPS) is 21.9. The monoisotopic (exact) mass is 300 g/mol. The molecule has 0 unspecified atom stereocenters. The predicted octanol–water partition coefficient (Wildman–Crippen LogP) is 4.44. The third-order valence-corrected chi connectivity index (χ3v) is 4.99. The summed E-state index contributed by atoms with van der Waals surface area (Å²) in [6, 6.07) is 5.59. The summed E-state index contributed by atoms with van der Waals surface area (Å²) >= 11 is 14.0. The number of hydrogen-bond acceptors (Lipinski definition) is 2. The molecular weight excluding hydrogens is 287 g/mol. The molecule has 0 N–H and O–H groups in total. The van der Waals surface area contributed by atoms with Crippen LogP contribution in [0.15, 0.2) is 23.2 Å². The molecule has 1 aromatic carbocycles. The van der Waals surface area contributed by atoms with Crippen LogP contribution in [-0.2, 0) is 0 Å². The zero-order chi connectivity index (χ0) is 12.5. The summed E-state index contributed by atoms with van der Waals surface area (Å²) < 4.78 is 0. The molecule has 1 heterocycles. The van der Waals surface area contributed by atoms with Gasteiger partial charge in [-0.2, -0.15) is 0 Å². The van der Waals surface area contributed by atoms with Gasteiger partial charge in [-0.25, -0.2) is 4.99 Å². The first-order valence-corrected chi connectivity index (χ1v) is 7.88. The quantitative estimate of drug-likeness (QED) is 0.820. The molecule has 1 saturated heterocycles. The van der Waals surface area contributed by atoms with Gasteiger partial charge in [0.1, 0.15) is 0 Å². The Morgan fingerprint density at radius 2 is 2.17 bits per heavy atom. The van der Waals surface area contributed by atoms with E-state index < -0.39 is 0 Å². The van der Waals surface area contributed by atoms with Gasteiger partial charge in [-0.3, -0.25) is 0 Å². The molecule has 1 aromatic rings. The van der Waals surface area contributed by atoms with E-state index in [0.29, 0.717) is 10.0 Å². The van der Waals surface area contributed by atoms with Gasteiger partial charge in [0.05, 0.1) is 15.7 Å². The maximum atomic E-state index is 6.17. The van der Waals surface area contributed by atoms with Crippen molar-refractivity contribution in [2.45, 2.75) is 12.8 Å². The molecule has 1 aliphatic heterocycles. The molecule has 0 aromatic heterocycles. The van der Waals surface area contributed by atoms with Gasteiger partial charge < -0.3 is 4.90 Å². The SMILES string of the molecule is Clc1cccc(/N=C2\SCCN2CC2CC2)c1Cl. The van der Waals surface area contributed by atoms with E-state index in [1.807, 2.05) is 12.1 Å². The maximum absolute atomic E-state index is 6.17. The van der Waals surface area contributed by atoms with Crippen LogP contribution in [0, 0.1) is 5.92 Å². The Bertz CT molecular complexity index is 486. The molecule has 2 aliphatic rings. The minimum absolute atomic E-state index is 0.547. The smallest absolute Gasteiger partial charge is 0.164 e. The van der Waals surface area contributed by atoms with Crippen LogP contribution in [-0.4, -0.2) is 28.9 Å². The van der Waals surface area contributed by atoms with Gasteiger partial charge in [-0.05, 0) is 30.9 Å². The first kappa shape index (κ1) is 12.6. The average Bonchev–Trinajstić information content (AvgIpc) is 3.06. The van der Waals surface area contributed by atoms with Gasteiger partial charge >= 0.3 is 0 Å². The van der Waals surface area contributed by atoms with Crippen molar-refractivity contribution in [3.8, 4) is 0 Å². The number of aliphatic imine (C=N–C) groups is 1. The van der Waals surface area contributed by atoms with Gasteiger partial charge in [0.25, 0.3) is 0 Å². The Morgan fingerprint density at radius 3 is 2.94 bits per heavy atom. The summed E-state index contributed by atoms with van der Waals surface area (Å²) in [5, 5.41) is 2.20. The van der Waals surface area contributed by atoms with Crippen molar-refractivity contribution >= 4 is 45.8 Å². The van der Waals surface area contributed by atoms with Crippen LogP contribution in [0.25, 0.3) is 0 Å². The highest BCUT2D eigenvalue weighted by Gasteiger charge is 2.28. The largest absolute Gasteiger partial charge is 0.350 e. The number of amidine groups is 1. The molecule has 0 spiro atoms. The lowest BCUT2D eigenvalue weighted by Gasteiger charge is -2.17. The second-order valence-electron chi connectivity index (χ2n) is 4.71. The molecule has 2 nitrogen and oxygen atoms in total. The summed E-state index contributed by atoms with van der Waals surface area (Å²) in [5.41, 5.74) is 0.773. The Balaban J connectivity index is 1.82. The lowest BCUT2D eigenvalue weighted by atomic mass is 10.3. The molecule has 0 amide bonds. The molecule has 18 heavy (non-hydrogen) atoms. The van der Waals surface area contributed by atoms with E-state index >= 15 is 0 Å². The molecular formula is C13H14Cl2N2S. The minimum atomic E-state index is 0.547. The van der Waals surface area contributed by atoms with Crippen molar-refractivity contribution in [3.05, 3.63) is 28.2 Å². The molecule has 0 radical (unpaired) electrons. The predicted molar refractivity (Wildman–Crippen MR) is 80.3 cm³/mol. The third-order valence-electron chi connectivity index (χ3n) is 3.19. The lowest BCUT2D eigenvalue weighted by Crippen LogP contribution is -2.26. The van der Waals surface area contributed by atoms with Crippen molar-refractivity contribution in [3.63, 3.8) is 0 Å². The van der Waals surface area contributed by atoms with E-state index in [9.17, 15) is 0 Å². The zero-order valence-corrected chi connectivity index (χ0v) is 12.2. The molecule has 0 atom stereocenters. The van der Waals surface area contributed by atoms with Gasteiger partial charge in [0, 0.05) is 18.8 Å². The fourth-order valence-electron chi connectivity index (χ4n) is 2.00. The zero-order valence-electron chi connectivity index (χ0n) is 9.90.